The van der Waals surface area contributed by atoms with Crippen molar-refractivity contribution in [2.45, 2.75) is 13.3 Å². The second-order valence-corrected chi connectivity index (χ2v) is 2.09. The third-order valence-electron chi connectivity index (χ3n) is 1.44. The molecule has 0 aromatic carbocycles. The van der Waals surface area contributed by atoms with E-state index in [1.165, 1.54) is 0 Å². The van der Waals surface area contributed by atoms with Crippen molar-refractivity contribution in [2.75, 3.05) is 0 Å². The number of aliphatic carboxylic acids is 1. The molecule has 4 heteroatoms. The number of carboxylic acids is 1. The van der Waals surface area contributed by atoms with Crippen molar-refractivity contribution in [3.8, 4) is 12.1 Å². The Bertz CT molecular complexity index is 210. The summed E-state index contributed by atoms with van der Waals surface area (Å²) in [5.41, 5.74) is 0. The number of carbonyl (C=O) groups is 1. The molecule has 0 aromatic heterocycles. The fourth-order valence-corrected chi connectivity index (χ4v) is 0.762. The van der Waals surface area contributed by atoms with Crippen molar-refractivity contribution in [2.24, 2.45) is 11.8 Å². The van der Waals surface area contributed by atoms with Gasteiger partial charge in [-0.15, -0.1) is 0 Å². The fraction of sp³-hybridized carbons (Fsp3) is 0.571. The highest BCUT2D eigenvalue weighted by Crippen LogP contribution is 2.14. The Morgan fingerprint density at radius 1 is 1.55 bits per heavy atom. The first-order valence-electron chi connectivity index (χ1n) is 3.19. The van der Waals surface area contributed by atoms with Crippen LogP contribution in [0.2, 0.25) is 0 Å². The van der Waals surface area contributed by atoms with E-state index in [-0.39, 0.29) is 0 Å². The second kappa shape index (κ2) is 4.29. The Balaban J connectivity index is 4.40. The zero-order valence-electron chi connectivity index (χ0n) is 6.11. The zero-order valence-corrected chi connectivity index (χ0v) is 6.11. The van der Waals surface area contributed by atoms with Crippen LogP contribution in [0, 0.1) is 34.5 Å². The highest BCUT2D eigenvalue weighted by molar-refractivity contribution is 5.71. The Kier molecular flexibility index (Phi) is 3.69. The molecule has 0 aliphatic heterocycles. The van der Waals surface area contributed by atoms with E-state index in [2.05, 4.69) is 0 Å². The first-order valence-corrected chi connectivity index (χ1v) is 3.19. The van der Waals surface area contributed by atoms with Gasteiger partial charge in [0.2, 0.25) is 0 Å². The Labute approximate surface area is 64.7 Å². The normalized spacial score (nSPS) is 11.6. The van der Waals surface area contributed by atoms with Gasteiger partial charge in [-0.3, -0.25) is 4.79 Å². The van der Waals surface area contributed by atoms with E-state index >= 15 is 0 Å². The summed E-state index contributed by atoms with van der Waals surface area (Å²) >= 11 is 0. The molecule has 0 saturated heterocycles. The monoisotopic (exact) mass is 152 g/mol. The first kappa shape index (κ1) is 9.45. The summed E-state index contributed by atoms with van der Waals surface area (Å²) in [5, 5.41) is 25.2. The minimum absolute atomic E-state index is 0.307. The molecule has 1 unspecified atom stereocenters. The average molecular weight is 152 g/mol. The fourth-order valence-electron chi connectivity index (χ4n) is 0.762. The van der Waals surface area contributed by atoms with Crippen LogP contribution in [0.5, 0.6) is 0 Å². The smallest absolute Gasteiger partial charge is 0.308 e. The molecule has 1 N–H and O–H groups in total. The van der Waals surface area contributed by atoms with Crippen LogP contribution in [0.1, 0.15) is 13.3 Å². The molecule has 58 valence electrons. The van der Waals surface area contributed by atoms with Crippen LogP contribution in [0.25, 0.3) is 0 Å². The summed E-state index contributed by atoms with van der Waals surface area (Å²) < 4.78 is 0. The number of nitrogens with zero attached hydrogens (tertiary/aromatic N) is 2. The lowest BCUT2D eigenvalue weighted by molar-refractivity contribution is -0.142. The Hall–Kier alpha value is -1.55. The van der Waals surface area contributed by atoms with E-state index in [0.29, 0.717) is 6.42 Å². The van der Waals surface area contributed by atoms with Crippen molar-refractivity contribution in [3.63, 3.8) is 0 Å². The van der Waals surface area contributed by atoms with Gasteiger partial charge in [-0.1, -0.05) is 6.92 Å². The lowest BCUT2D eigenvalue weighted by Crippen LogP contribution is -2.20. The number of hydrogen-bond acceptors (Lipinski definition) is 3. The van der Waals surface area contributed by atoms with Gasteiger partial charge in [0.15, 0.2) is 0 Å². The molecule has 0 saturated carbocycles. The topological polar surface area (TPSA) is 84.9 Å². The van der Waals surface area contributed by atoms with Gasteiger partial charge in [0.1, 0.15) is 5.92 Å². The Morgan fingerprint density at radius 2 is 2.00 bits per heavy atom. The second-order valence-electron chi connectivity index (χ2n) is 2.09. The molecule has 0 spiro atoms. The van der Waals surface area contributed by atoms with Crippen molar-refractivity contribution >= 4 is 5.97 Å². The molecule has 0 heterocycles. The predicted molar refractivity (Wildman–Crippen MR) is 36.1 cm³/mol. The molecule has 0 aliphatic carbocycles. The zero-order chi connectivity index (χ0) is 8.85. The largest absolute Gasteiger partial charge is 0.481 e. The molecule has 0 aromatic rings. The van der Waals surface area contributed by atoms with Crippen LogP contribution in [-0.2, 0) is 4.79 Å². The molecule has 0 amide bonds. The SMILES string of the molecule is CCC(C(=O)O)C(C#N)C#N. The van der Waals surface area contributed by atoms with Crippen molar-refractivity contribution in [3.05, 3.63) is 0 Å². The maximum atomic E-state index is 10.4. The molecule has 0 radical (unpaired) electrons. The van der Waals surface area contributed by atoms with E-state index in [0.717, 1.165) is 0 Å². The third-order valence-corrected chi connectivity index (χ3v) is 1.44. The van der Waals surface area contributed by atoms with E-state index < -0.39 is 17.8 Å². The molecule has 0 bridgehead atoms. The van der Waals surface area contributed by atoms with Gasteiger partial charge in [0.05, 0.1) is 18.1 Å². The molecule has 1 atom stereocenters. The first-order chi connectivity index (χ1) is 5.17. The lowest BCUT2D eigenvalue weighted by atomic mass is 9.93. The molecule has 4 nitrogen and oxygen atoms in total. The summed E-state index contributed by atoms with van der Waals surface area (Å²) in [6.07, 6.45) is 0.307. The summed E-state index contributed by atoms with van der Waals surface area (Å²) in [5.74, 6) is -2.97. The Morgan fingerprint density at radius 3 is 2.09 bits per heavy atom. The van der Waals surface area contributed by atoms with Crippen molar-refractivity contribution < 1.29 is 9.90 Å². The van der Waals surface area contributed by atoms with E-state index in [1.54, 1.807) is 19.1 Å². The average Bonchev–Trinajstić information content (AvgIpc) is 1.99. The van der Waals surface area contributed by atoms with Gasteiger partial charge < -0.3 is 5.11 Å². The highest BCUT2D eigenvalue weighted by atomic mass is 16.4. The van der Waals surface area contributed by atoms with Crippen LogP contribution in [0.3, 0.4) is 0 Å². The minimum Gasteiger partial charge on any atom is -0.481 e. The van der Waals surface area contributed by atoms with Gasteiger partial charge in [0.25, 0.3) is 0 Å². The molecular formula is C7H8N2O2. The molecule has 0 rings (SSSR count). The van der Waals surface area contributed by atoms with Crippen molar-refractivity contribution in [1.29, 1.82) is 10.5 Å². The van der Waals surface area contributed by atoms with Crippen LogP contribution in [0.4, 0.5) is 0 Å². The van der Waals surface area contributed by atoms with Gasteiger partial charge in [-0.2, -0.15) is 10.5 Å². The number of nitriles is 2. The lowest BCUT2D eigenvalue weighted by Gasteiger charge is -2.07. The number of rotatable bonds is 3. The highest BCUT2D eigenvalue weighted by Gasteiger charge is 2.25. The van der Waals surface area contributed by atoms with Gasteiger partial charge >= 0.3 is 5.97 Å². The summed E-state index contributed by atoms with van der Waals surface area (Å²) in [4.78, 5) is 10.4. The maximum Gasteiger partial charge on any atom is 0.308 e. The quantitative estimate of drug-likeness (QED) is 0.646. The van der Waals surface area contributed by atoms with E-state index in [9.17, 15) is 4.79 Å². The van der Waals surface area contributed by atoms with Crippen molar-refractivity contribution in [1.82, 2.24) is 0 Å². The summed E-state index contributed by atoms with van der Waals surface area (Å²) in [7, 11) is 0. The molecular weight excluding hydrogens is 144 g/mol. The van der Waals surface area contributed by atoms with Gasteiger partial charge in [-0.05, 0) is 6.42 Å². The molecule has 0 aliphatic rings. The number of carboxylic acid groups (broad SMARTS) is 1. The maximum absolute atomic E-state index is 10.4. The van der Waals surface area contributed by atoms with Crippen LogP contribution in [-0.4, -0.2) is 11.1 Å². The molecule has 0 fully saturated rings. The summed E-state index contributed by atoms with van der Waals surface area (Å²) in [6.45, 7) is 1.64. The summed E-state index contributed by atoms with van der Waals surface area (Å²) in [6, 6.07) is 3.28. The number of hydrogen-bond donors (Lipinski definition) is 1. The molecule has 11 heavy (non-hydrogen) atoms. The third kappa shape index (κ3) is 2.27. The van der Waals surface area contributed by atoms with Crippen LogP contribution in [0.15, 0.2) is 0 Å². The van der Waals surface area contributed by atoms with Crippen LogP contribution >= 0.6 is 0 Å². The standard InChI is InChI=1S/C7H8N2O2/c1-2-6(7(10)11)5(3-8)4-9/h5-6H,2H2,1H3,(H,10,11). The van der Waals surface area contributed by atoms with E-state index in [1.807, 2.05) is 0 Å². The predicted octanol–water partition coefficient (Wildman–Crippen LogP) is 0.761. The van der Waals surface area contributed by atoms with Crippen LogP contribution < -0.4 is 0 Å². The van der Waals surface area contributed by atoms with E-state index in [4.69, 9.17) is 15.6 Å². The minimum atomic E-state index is -1.08. The van der Waals surface area contributed by atoms with Gasteiger partial charge in [-0.25, -0.2) is 0 Å². The van der Waals surface area contributed by atoms with Gasteiger partial charge in [0, 0.05) is 0 Å².